The normalized spacial score (nSPS) is 23.9. The molecular formula is C12H20O2. The van der Waals surface area contributed by atoms with Gasteiger partial charge in [0.05, 0.1) is 6.61 Å². The lowest BCUT2D eigenvalue weighted by Crippen LogP contribution is -2.05. The summed E-state index contributed by atoms with van der Waals surface area (Å²) in [5.41, 5.74) is 0. The second kappa shape index (κ2) is 7.60. The van der Waals surface area contributed by atoms with Crippen LogP contribution in [-0.2, 0) is 9.53 Å². The van der Waals surface area contributed by atoms with Crippen molar-refractivity contribution in [3.05, 3.63) is 12.2 Å². The summed E-state index contributed by atoms with van der Waals surface area (Å²) in [6.45, 7) is 0.604. The van der Waals surface area contributed by atoms with Gasteiger partial charge in [0, 0.05) is 6.42 Å². The number of carbonyl (C=O) groups is 1. The lowest BCUT2D eigenvalue weighted by atomic mass is 10.1. The molecule has 14 heavy (non-hydrogen) atoms. The summed E-state index contributed by atoms with van der Waals surface area (Å²) in [5.74, 6) is -0.0165. The maximum absolute atomic E-state index is 11.1. The first-order chi connectivity index (χ1) is 6.89. The number of carbonyl (C=O) groups excluding carboxylic acids is 1. The molecule has 0 unspecified atom stereocenters. The van der Waals surface area contributed by atoms with Gasteiger partial charge in [0.25, 0.3) is 0 Å². The molecule has 0 aliphatic carbocycles. The number of rotatable bonds is 0. The quantitative estimate of drug-likeness (QED) is 0.439. The summed E-state index contributed by atoms with van der Waals surface area (Å²) in [4.78, 5) is 11.1. The maximum Gasteiger partial charge on any atom is 0.305 e. The first-order valence-corrected chi connectivity index (χ1v) is 5.70. The van der Waals surface area contributed by atoms with E-state index in [4.69, 9.17) is 4.74 Å². The van der Waals surface area contributed by atoms with Gasteiger partial charge >= 0.3 is 5.97 Å². The van der Waals surface area contributed by atoms with Crippen LogP contribution in [0.4, 0.5) is 0 Å². The van der Waals surface area contributed by atoms with Gasteiger partial charge in [-0.1, -0.05) is 18.6 Å². The van der Waals surface area contributed by atoms with Gasteiger partial charge in [-0.05, 0) is 38.5 Å². The molecule has 0 saturated heterocycles. The first kappa shape index (κ1) is 11.3. The van der Waals surface area contributed by atoms with Crippen LogP contribution in [0.5, 0.6) is 0 Å². The Hall–Kier alpha value is -0.790. The first-order valence-electron chi connectivity index (χ1n) is 5.70. The molecule has 0 saturated carbocycles. The van der Waals surface area contributed by atoms with Crippen molar-refractivity contribution in [1.29, 1.82) is 0 Å². The molecule has 0 amide bonds. The molecule has 0 radical (unpaired) electrons. The highest BCUT2D eigenvalue weighted by Crippen LogP contribution is 2.07. The van der Waals surface area contributed by atoms with E-state index in [0.717, 1.165) is 38.5 Å². The van der Waals surface area contributed by atoms with E-state index in [0.29, 0.717) is 13.0 Å². The lowest BCUT2D eigenvalue weighted by Gasteiger charge is -2.03. The van der Waals surface area contributed by atoms with Crippen LogP contribution < -0.4 is 0 Å². The number of ether oxygens (including phenoxy) is 1. The average molecular weight is 196 g/mol. The van der Waals surface area contributed by atoms with E-state index >= 15 is 0 Å². The molecule has 0 bridgehead atoms. The van der Waals surface area contributed by atoms with Crippen molar-refractivity contribution in [2.75, 3.05) is 6.61 Å². The molecular weight excluding hydrogens is 176 g/mol. The second-order valence-corrected chi connectivity index (χ2v) is 3.79. The minimum absolute atomic E-state index is 0.0165. The third-order valence-corrected chi connectivity index (χ3v) is 2.45. The van der Waals surface area contributed by atoms with E-state index in [9.17, 15) is 4.79 Å². The molecule has 2 nitrogen and oxygen atoms in total. The fraction of sp³-hybridized carbons (Fsp3) is 0.750. The summed E-state index contributed by atoms with van der Waals surface area (Å²) in [6.07, 6.45) is 12.8. The molecule has 0 aromatic carbocycles. The molecule has 0 N–H and O–H groups in total. The van der Waals surface area contributed by atoms with Crippen molar-refractivity contribution >= 4 is 5.97 Å². The van der Waals surface area contributed by atoms with Crippen molar-refractivity contribution in [3.8, 4) is 0 Å². The SMILES string of the molecule is O=C1CCCCC/C=C\CCCCO1. The summed E-state index contributed by atoms with van der Waals surface area (Å²) in [5, 5.41) is 0. The predicted molar refractivity (Wildman–Crippen MR) is 57.0 cm³/mol. The van der Waals surface area contributed by atoms with Gasteiger partial charge in [0.15, 0.2) is 0 Å². The van der Waals surface area contributed by atoms with Crippen molar-refractivity contribution in [2.45, 2.75) is 51.4 Å². The third kappa shape index (κ3) is 5.79. The number of esters is 1. The minimum Gasteiger partial charge on any atom is -0.466 e. The Morgan fingerprint density at radius 1 is 0.929 bits per heavy atom. The number of cyclic esters (lactones) is 1. The van der Waals surface area contributed by atoms with Gasteiger partial charge in [-0.2, -0.15) is 0 Å². The van der Waals surface area contributed by atoms with E-state index in [1.54, 1.807) is 0 Å². The maximum atomic E-state index is 11.1. The zero-order valence-corrected chi connectivity index (χ0v) is 8.84. The highest BCUT2D eigenvalue weighted by Gasteiger charge is 2.02. The van der Waals surface area contributed by atoms with Crippen molar-refractivity contribution in [1.82, 2.24) is 0 Å². The van der Waals surface area contributed by atoms with E-state index in [1.165, 1.54) is 6.42 Å². The third-order valence-electron chi connectivity index (χ3n) is 2.45. The number of hydrogen-bond acceptors (Lipinski definition) is 2. The molecule has 2 heteroatoms. The Kier molecular flexibility index (Phi) is 6.13. The molecule has 0 fully saturated rings. The zero-order chi connectivity index (χ0) is 10.1. The second-order valence-electron chi connectivity index (χ2n) is 3.79. The zero-order valence-electron chi connectivity index (χ0n) is 8.84. The summed E-state index contributed by atoms with van der Waals surface area (Å²) >= 11 is 0. The van der Waals surface area contributed by atoms with Crippen LogP contribution in [0.2, 0.25) is 0 Å². The van der Waals surface area contributed by atoms with E-state index in [1.807, 2.05) is 0 Å². The Morgan fingerprint density at radius 2 is 1.64 bits per heavy atom. The van der Waals surface area contributed by atoms with Crippen LogP contribution in [0.25, 0.3) is 0 Å². The largest absolute Gasteiger partial charge is 0.466 e. The molecule has 80 valence electrons. The topological polar surface area (TPSA) is 26.3 Å². The van der Waals surface area contributed by atoms with Crippen LogP contribution >= 0.6 is 0 Å². The van der Waals surface area contributed by atoms with Crippen molar-refractivity contribution in [2.24, 2.45) is 0 Å². The average Bonchev–Trinajstić information content (AvgIpc) is 2.20. The van der Waals surface area contributed by atoms with Crippen LogP contribution in [-0.4, -0.2) is 12.6 Å². The fourth-order valence-electron chi connectivity index (χ4n) is 1.57. The molecule has 0 spiro atoms. The predicted octanol–water partition coefficient (Wildman–Crippen LogP) is 3.22. The van der Waals surface area contributed by atoms with Crippen LogP contribution in [0.1, 0.15) is 51.4 Å². The van der Waals surface area contributed by atoms with Crippen LogP contribution in [0.3, 0.4) is 0 Å². The summed E-state index contributed by atoms with van der Waals surface area (Å²) in [6, 6.07) is 0. The Bertz CT molecular complexity index is 167. The lowest BCUT2D eigenvalue weighted by molar-refractivity contribution is -0.143. The molecule has 0 aromatic heterocycles. The Balaban J connectivity index is 2.22. The summed E-state index contributed by atoms with van der Waals surface area (Å²) < 4.78 is 5.09. The monoisotopic (exact) mass is 196 g/mol. The highest BCUT2D eigenvalue weighted by atomic mass is 16.5. The van der Waals surface area contributed by atoms with E-state index < -0.39 is 0 Å². The molecule has 0 atom stereocenters. The van der Waals surface area contributed by atoms with Gasteiger partial charge in [0.1, 0.15) is 0 Å². The fourth-order valence-corrected chi connectivity index (χ4v) is 1.57. The van der Waals surface area contributed by atoms with E-state index in [-0.39, 0.29) is 5.97 Å². The Labute approximate surface area is 86.3 Å². The molecule has 1 aliphatic heterocycles. The minimum atomic E-state index is -0.0165. The number of allylic oxidation sites excluding steroid dienone is 2. The van der Waals surface area contributed by atoms with Gasteiger partial charge in [-0.25, -0.2) is 0 Å². The van der Waals surface area contributed by atoms with E-state index in [2.05, 4.69) is 12.2 Å². The summed E-state index contributed by atoms with van der Waals surface area (Å²) in [7, 11) is 0. The van der Waals surface area contributed by atoms with Gasteiger partial charge < -0.3 is 4.74 Å². The van der Waals surface area contributed by atoms with Gasteiger partial charge in [0.2, 0.25) is 0 Å². The number of hydrogen-bond donors (Lipinski definition) is 0. The molecule has 0 aromatic rings. The highest BCUT2D eigenvalue weighted by molar-refractivity contribution is 5.69. The Morgan fingerprint density at radius 3 is 2.43 bits per heavy atom. The van der Waals surface area contributed by atoms with Gasteiger partial charge in [-0.15, -0.1) is 0 Å². The van der Waals surface area contributed by atoms with Crippen LogP contribution in [0, 0.1) is 0 Å². The standard InChI is InChI=1S/C12H20O2/c13-12-10-8-6-4-2-1-3-5-7-9-11-14-12/h1,3H,2,4-11H2/b3-1-. The smallest absolute Gasteiger partial charge is 0.305 e. The molecule has 1 heterocycles. The van der Waals surface area contributed by atoms with Crippen LogP contribution in [0.15, 0.2) is 12.2 Å². The molecule has 1 rings (SSSR count). The van der Waals surface area contributed by atoms with Crippen molar-refractivity contribution < 1.29 is 9.53 Å². The molecule has 1 aliphatic rings. The van der Waals surface area contributed by atoms with Crippen molar-refractivity contribution in [3.63, 3.8) is 0 Å². The van der Waals surface area contributed by atoms with Gasteiger partial charge in [-0.3, -0.25) is 4.79 Å².